The summed E-state index contributed by atoms with van der Waals surface area (Å²) in [5.74, 6) is 2.06. The molecule has 1 aliphatic carbocycles. The molecule has 2 aromatic heterocycles. The molecule has 3 heterocycles. The van der Waals surface area contributed by atoms with Crippen LogP contribution in [0.2, 0.25) is 5.02 Å². The Morgan fingerprint density at radius 3 is 2.96 bits per heavy atom. The number of hydrogen-bond donors (Lipinski definition) is 1. The molecule has 1 aliphatic heterocycles. The van der Waals surface area contributed by atoms with Crippen molar-refractivity contribution in [2.24, 2.45) is 0 Å². The van der Waals surface area contributed by atoms with E-state index in [1.807, 2.05) is 36.4 Å². The maximum absolute atomic E-state index is 12.7. The number of hydrogen-bond acceptors (Lipinski definition) is 5. The number of nitrogens with zero attached hydrogens (tertiary/aromatic N) is 3. The summed E-state index contributed by atoms with van der Waals surface area (Å²) in [7, 11) is 0. The minimum absolute atomic E-state index is 0.126. The first-order chi connectivity index (χ1) is 12.7. The third-order valence-electron chi connectivity index (χ3n) is 4.85. The van der Waals surface area contributed by atoms with Crippen molar-refractivity contribution in [2.75, 3.05) is 5.32 Å². The standard InChI is InChI=1S/C19H15ClN4O2/c20-12-5-2-1-4-11(12)15-8-9-16(26-15)18-17-13(6-3-7-14(17)25)23-19-21-10-22-24(18)19/h1-2,4-5,8-10,18H,3,6-7H2,(H,21,22,23). The molecule has 26 heavy (non-hydrogen) atoms. The summed E-state index contributed by atoms with van der Waals surface area (Å²) >= 11 is 6.29. The summed E-state index contributed by atoms with van der Waals surface area (Å²) in [6.45, 7) is 0. The van der Waals surface area contributed by atoms with Crippen LogP contribution < -0.4 is 5.32 Å². The Labute approximate surface area is 154 Å². The molecule has 0 amide bonds. The number of benzene rings is 1. The number of fused-ring (bicyclic) bond motifs is 1. The zero-order chi connectivity index (χ0) is 17.7. The number of rotatable bonds is 2. The molecule has 5 rings (SSSR count). The molecule has 3 aromatic rings. The summed E-state index contributed by atoms with van der Waals surface area (Å²) in [5.41, 5.74) is 2.45. The highest BCUT2D eigenvalue weighted by atomic mass is 35.5. The van der Waals surface area contributed by atoms with E-state index in [9.17, 15) is 4.79 Å². The van der Waals surface area contributed by atoms with Crippen LogP contribution in [0.5, 0.6) is 0 Å². The van der Waals surface area contributed by atoms with Gasteiger partial charge in [0.25, 0.3) is 0 Å². The summed E-state index contributed by atoms with van der Waals surface area (Å²) in [4.78, 5) is 16.9. The fourth-order valence-electron chi connectivity index (χ4n) is 3.66. The Hall–Kier alpha value is -2.86. The number of anilines is 1. The van der Waals surface area contributed by atoms with Crippen molar-refractivity contribution in [1.29, 1.82) is 0 Å². The van der Waals surface area contributed by atoms with E-state index in [-0.39, 0.29) is 5.78 Å². The SMILES string of the molecule is O=C1CCCC2=C1C(c1ccc(-c3ccccc3Cl)o1)n1ncnc1N2. The largest absolute Gasteiger partial charge is 0.458 e. The molecule has 1 unspecified atom stereocenters. The Morgan fingerprint density at radius 2 is 2.08 bits per heavy atom. The molecule has 0 fully saturated rings. The van der Waals surface area contributed by atoms with Gasteiger partial charge in [-0.15, -0.1) is 0 Å². The van der Waals surface area contributed by atoms with Crippen molar-refractivity contribution in [3.63, 3.8) is 0 Å². The number of carbonyl (C=O) groups excluding carboxylic acids is 1. The molecule has 0 saturated carbocycles. The molecule has 6 nitrogen and oxygen atoms in total. The summed E-state index contributed by atoms with van der Waals surface area (Å²) in [6.07, 6.45) is 3.69. The highest BCUT2D eigenvalue weighted by Gasteiger charge is 2.37. The maximum atomic E-state index is 12.7. The van der Waals surface area contributed by atoms with Crippen LogP contribution in [0.3, 0.4) is 0 Å². The number of carbonyl (C=O) groups is 1. The summed E-state index contributed by atoms with van der Waals surface area (Å²) in [5, 5.41) is 8.17. The van der Waals surface area contributed by atoms with E-state index in [0.717, 1.165) is 24.1 Å². The van der Waals surface area contributed by atoms with Crippen molar-refractivity contribution in [1.82, 2.24) is 14.8 Å². The van der Waals surface area contributed by atoms with E-state index < -0.39 is 6.04 Å². The third-order valence-corrected chi connectivity index (χ3v) is 5.18. The van der Waals surface area contributed by atoms with Gasteiger partial charge in [-0.1, -0.05) is 23.7 Å². The van der Waals surface area contributed by atoms with Gasteiger partial charge in [-0.05, 0) is 37.1 Å². The van der Waals surface area contributed by atoms with Crippen LogP contribution in [0.1, 0.15) is 31.1 Å². The van der Waals surface area contributed by atoms with E-state index >= 15 is 0 Å². The van der Waals surface area contributed by atoms with Gasteiger partial charge in [0.2, 0.25) is 5.95 Å². The average molecular weight is 367 g/mol. The smallest absolute Gasteiger partial charge is 0.226 e. The second-order valence-corrected chi connectivity index (χ2v) is 6.81. The summed E-state index contributed by atoms with van der Waals surface area (Å²) in [6, 6.07) is 10.9. The normalized spacial score (nSPS) is 19.1. The molecular weight excluding hydrogens is 352 g/mol. The van der Waals surface area contributed by atoms with Gasteiger partial charge >= 0.3 is 0 Å². The third kappa shape index (κ3) is 2.29. The number of halogens is 1. The molecule has 0 saturated heterocycles. The molecule has 0 bridgehead atoms. The first kappa shape index (κ1) is 15.4. The zero-order valence-corrected chi connectivity index (χ0v) is 14.5. The van der Waals surface area contributed by atoms with Gasteiger partial charge in [-0.25, -0.2) is 4.68 Å². The minimum Gasteiger partial charge on any atom is -0.458 e. The number of allylic oxidation sites excluding steroid dienone is 2. The second-order valence-electron chi connectivity index (χ2n) is 6.41. The highest BCUT2D eigenvalue weighted by molar-refractivity contribution is 6.33. The monoisotopic (exact) mass is 366 g/mol. The lowest BCUT2D eigenvalue weighted by molar-refractivity contribution is -0.116. The Morgan fingerprint density at radius 1 is 1.19 bits per heavy atom. The number of Topliss-reactive ketones (excluding diaryl/α,β-unsaturated/α-hetero) is 1. The zero-order valence-electron chi connectivity index (χ0n) is 13.8. The first-order valence-corrected chi connectivity index (χ1v) is 8.87. The highest BCUT2D eigenvalue weighted by Crippen LogP contribution is 2.41. The molecule has 2 aliphatic rings. The van der Waals surface area contributed by atoms with Gasteiger partial charge in [-0.2, -0.15) is 10.1 Å². The van der Waals surface area contributed by atoms with Crippen LogP contribution in [0.25, 0.3) is 11.3 Å². The lowest BCUT2D eigenvalue weighted by Crippen LogP contribution is -2.31. The molecule has 0 spiro atoms. The van der Waals surface area contributed by atoms with Crippen LogP contribution in [0.4, 0.5) is 5.95 Å². The van der Waals surface area contributed by atoms with Crippen LogP contribution in [0.15, 0.2) is 58.4 Å². The van der Waals surface area contributed by atoms with Crippen LogP contribution in [0, 0.1) is 0 Å². The summed E-state index contributed by atoms with van der Waals surface area (Å²) < 4.78 is 7.83. The molecule has 1 aromatic carbocycles. The van der Waals surface area contributed by atoms with Crippen molar-refractivity contribution < 1.29 is 9.21 Å². The van der Waals surface area contributed by atoms with Gasteiger partial charge in [0.1, 0.15) is 23.9 Å². The van der Waals surface area contributed by atoms with Crippen molar-refractivity contribution in [3.05, 3.63) is 64.8 Å². The molecule has 7 heteroatoms. The Bertz CT molecular complexity index is 1050. The van der Waals surface area contributed by atoms with Gasteiger partial charge in [0, 0.05) is 23.3 Å². The van der Waals surface area contributed by atoms with E-state index in [4.69, 9.17) is 16.0 Å². The molecule has 0 radical (unpaired) electrons. The molecule has 1 atom stereocenters. The van der Waals surface area contributed by atoms with Gasteiger partial charge < -0.3 is 9.73 Å². The quantitative estimate of drug-likeness (QED) is 0.735. The van der Waals surface area contributed by atoms with Crippen molar-refractivity contribution in [3.8, 4) is 11.3 Å². The predicted octanol–water partition coefficient (Wildman–Crippen LogP) is 4.21. The average Bonchev–Trinajstić information content (AvgIpc) is 3.30. The van der Waals surface area contributed by atoms with E-state index in [1.54, 1.807) is 4.68 Å². The number of aromatic nitrogens is 3. The van der Waals surface area contributed by atoms with E-state index in [2.05, 4.69) is 15.4 Å². The van der Waals surface area contributed by atoms with Crippen molar-refractivity contribution >= 4 is 23.3 Å². The lowest BCUT2D eigenvalue weighted by atomic mass is 9.88. The first-order valence-electron chi connectivity index (χ1n) is 8.50. The van der Waals surface area contributed by atoms with Crippen LogP contribution in [-0.4, -0.2) is 20.5 Å². The molecule has 130 valence electrons. The van der Waals surface area contributed by atoms with Gasteiger partial charge in [0.05, 0.1) is 5.02 Å². The van der Waals surface area contributed by atoms with Crippen LogP contribution in [-0.2, 0) is 4.79 Å². The fraction of sp³-hybridized carbons (Fsp3) is 0.211. The number of nitrogens with one attached hydrogen (secondary N) is 1. The maximum Gasteiger partial charge on any atom is 0.226 e. The Kier molecular flexibility index (Phi) is 3.46. The van der Waals surface area contributed by atoms with E-state index in [1.165, 1.54) is 6.33 Å². The topological polar surface area (TPSA) is 73.0 Å². The minimum atomic E-state index is -0.409. The van der Waals surface area contributed by atoms with E-state index in [0.29, 0.717) is 34.5 Å². The second kappa shape index (κ2) is 5.85. The predicted molar refractivity (Wildman–Crippen MR) is 96.8 cm³/mol. The molecule has 1 N–H and O–H groups in total. The van der Waals surface area contributed by atoms with Crippen molar-refractivity contribution in [2.45, 2.75) is 25.3 Å². The number of furan rings is 1. The van der Waals surface area contributed by atoms with Gasteiger partial charge in [0.15, 0.2) is 5.78 Å². The fourth-order valence-corrected chi connectivity index (χ4v) is 3.89. The Balaban J connectivity index is 1.64. The lowest BCUT2D eigenvalue weighted by Gasteiger charge is -2.30. The van der Waals surface area contributed by atoms with Crippen LogP contribution >= 0.6 is 11.6 Å². The molecular formula is C19H15ClN4O2. The number of ketones is 1. The van der Waals surface area contributed by atoms with Gasteiger partial charge in [-0.3, -0.25) is 4.79 Å².